The van der Waals surface area contributed by atoms with Crippen LogP contribution in [0.1, 0.15) is 0 Å². The first kappa shape index (κ1) is 14.7. The molecule has 0 saturated heterocycles. The number of benzene rings is 2. The van der Waals surface area contributed by atoms with Gasteiger partial charge >= 0.3 is 12.0 Å². The van der Waals surface area contributed by atoms with Crippen LogP contribution in [0, 0.1) is 11.6 Å². The number of nitrogens with two attached hydrogens (primary N) is 1. The van der Waals surface area contributed by atoms with Crippen molar-refractivity contribution in [2.45, 2.75) is 0 Å². The average molecular weight is 315 g/mol. The standard InChI is InChI=1S/C16H11F2N3O2/c17-11-7-4-8-12(18)14(11)21(15(19)22)16-20-13(9-23-16)10-5-2-1-3-6-10/h1-9H,(H2,19,22). The van der Waals surface area contributed by atoms with Gasteiger partial charge in [0.15, 0.2) is 11.6 Å². The molecule has 0 aliphatic carbocycles. The van der Waals surface area contributed by atoms with Gasteiger partial charge in [0, 0.05) is 5.56 Å². The summed E-state index contributed by atoms with van der Waals surface area (Å²) in [6, 6.07) is 10.7. The Bertz CT molecular complexity index is 829. The van der Waals surface area contributed by atoms with E-state index in [0.717, 1.165) is 17.7 Å². The molecule has 0 radical (unpaired) electrons. The van der Waals surface area contributed by atoms with Gasteiger partial charge in [-0.15, -0.1) is 0 Å². The van der Waals surface area contributed by atoms with Crippen molar-refractivity contribution in [3.8, 4) is 11.3 Å². The summed E-state index contributed by atoms with van der Waals surface area (Å²) < 4.78 is 33.0. The van der Waals surface area contributed by atoms with Crippen LogP contribution >= 0.6 is 0 Å². The van der Waals surface area contributed by atoms with Crippen molar-refractivity contribution in [2.75, 3.05) is 4.90 Å². The smallest absolute Gasteiger partial charge is 0.327 e. The van der Waals surface area contributed by atoms with E-state index in [4.69, 9.17) is 10.2 Å². The summed E-state index contributed by atoms with van der Waals surface area (Å²) in [6.45, 7) is 0. The molecule has 2 N–H and O–H groups in total. The predicted octanol–water partition coefficient (Wildman–Crippen LogP) is 3.84. The van der Waals surface area contributed by atoms with Gasteiger partial charge in [-0.25, -0.2) is 18.5 Å². The third kappa shape index (κ3) is 2.76. The molecule has 1 heterocycles. The van der Waals surface area contributed by atoms with E-state index in [1.54, 1.807) is 24.3 Å². The number of carbonyl (C=O) groups excluding carboxylic acids is 1. The number of hydrogen-bond acceptors (Lipinski definition) is 3. The van der Waals surface area contributed by atoms with Crippen molar-refractivity contribution < 1.29 is 18.0 Å². The number of para-hydroxylation sites is 1. The molecule has 0 bridgehead atoms. The highest BCUT2D eigenvalue weighted by Crippen LogP contribution is 2.31. The molecule has 0 aliphatic heterocycles. The quantitative estimate of drug-likeness (QED) is 0.798. The molecule has 0 atom stereocenters. The zero-order chi connectivity index (χ0) is 16.4. The van der Waals surface area contributed by atoms with E-state index in [1.165, 1.54) is 12.3 Å². The number of urea groups is 1. The summed E-state index contributed by atoms with van der Waals surface area (Å²) >= 11 is 0. The molecule has 0 spiro atoms. The number of primary amides is 1. The molecule has 0 fully saturated rings. The minimum Gasteiger partial charge on any atom is -0.431 e. The maximum absolute atomic E-state index is 13.9. The van der Waals surface area contributed by atoms with Gasteiger partial charge in [0.25, 0.3) is 0 Å². The molecular formula is C16H11F2N3O2. The fourth-order valence-corrected chi connectivity index (χ4v) is 2.11. The topological polar surface area (TPSA) is 72.4 Å². The highest BCUT2D eigenvalue weighted by atomic mass is 19.1. The van der Waals surface area contributed by atoms with Crippen LogP contribution in [0.4, 0.5) is 25.3 Å². The Labute approximate surface area is 130 Å². The molecule has 2 amide bonds. The molecule has 3 aromatic rings. The predicted molar refractivity (Wildman–Crippen MR) is 80.0 cm³/mol. The highest BCUT2D eigenvalue weighted by Gasteiger charge is 2.27. The van der Waals surface area contributed by atoms with E-state index < -0.39 is 23.4 Å². The van der Waals surface area contributed by atoms with Gasteiger partial charge in [-0.2, -0.15) is 4.98 Å². The number of hydrogen-bond donors (Lipinski definition) is 1. The molecule has 5 nitrogen and oxygen atoms in total. The molecule has 116 valence electrons. The van der Waals surface area contributed by atoms with Crippen LogP contribution < -0.4 is 10.6 Å². The zero-order valence-electron chi connectivity index (χ0n) is 11.7. The molecule has 23 heavy (non-hydrogen) atoms. The molecule has 2 aromatic carbocycles. The monoisotopic (exact) mass is 315 g/mol. The largest absolute Gasteiger partial charge is 0.431 e. The molecule has 3 rings (SSSR count). The fraction of sp³-hybridized carbons (Fsp3) is 0. The van der Waals surface area contributed by atoms with Crippen LogP contribution in [-0.4, -0.2) is 11.0 Å². The molecular weight excluding hydrogens is 304 g/mol. The van der Waals surface area contributed by atoms with Crippen molar-refractivity contribution >= 4 is 17.7 Å². The van der Waals surface area contributed by atoms with E-state index in [0.29, 0.717) is 10.6 Å². The Balaban J connectivity index is 2.07. The number of amides is 2. The highest BCUT2D eigenvalue weighted by molar-refractivity contribution is 5.96. The van der Waals surface area contributed by atoms with E-state index in [2.05, 4.69) is 4.98 Å². The summed E-state index contributed by atoms with van der Waals surface area (Å²) in [6.07, 6.45) is 1.28. The third-order valence-corrected chi connectivity index (χ3v) is 3.13. The minimum absolute atomic E-state index is 0.319. The van der Waals surface area contributed by atoms with E-state index >= 15 is 0 Å². The SMILES string of the molecule is NC(=O)N(c1nc(-c2ccccc2)co1)c1c(F)cccc1F. The van der Waals surface area contributed by atoms with Gasteiger partial charge in [-0.05, 0) is 12.1 Å². The van der Waals surface area contributed by atoms with Gasteiger partial charge in [0.1, 0.15) is 17.6 Å². The number of anilines is 2. The first-order chi connectivity index (χ1) is 11.1. The number of oxazole rings is 1. The summed E-state index contributed by atoms with van der Waals surface area (Å²) in [4.78, 5) is 16.3. The Morgan fingerprint density at radius 1 is 1.04 bits per heavy atom. The van der Waals surface area contributed by atoms with Gasteiger partial charge < -0.3 is 10.2 Å². The molecule has 0 aliphatic rings. The van der Waals surface area contributed by atoms with Crippen LogP contribution in [0.5, 0.6) is 0 Å². The van der Waals surface area contributed by atoms with Crippen molar-refractivity contribution in [1.29, 1.82) is 0 Å². The van der Waals surface area contributed by atoms with E-state index in [9.17, 15) is 13.6 Å². The van der Waals surface area contributed by atoms with Crippen LogP contribution in [0.25, 0.3) is 11.3 Å². The van der Waals surface area contributed by atoms with Crippen molar-refractivity contribution in [3.63, 3.8) is 0 Å². The Hall–Kier alpha value is -3.22. The fourth-order valence-electron chi connectivity index (χ4n) is 2.11. The Kier molecular flexibility index (Phi) is 3.76. The summed E-state index contributed by atoms with van der Waals surface area (Å²) in [7, 11) is 0. The number of carbonyl (C=O) groups is 1. The lowest BCUT2D eigenvalue weighted by Gasteiger charge is -2.17. The minimum atomic E-state index is -1.12. The summed E-state index contributed by atoms with van der Waals surface area (Å²) in [5.41, 5.74) is 5.73. The number of halogens is 2. The molecule has 1 aromatic heterocycles. The normalized spacial score (nSPS) is 10.5. The first-order valence-electron chi connectivity index (χ1n) is 6.62. The van der Waals surface area contributed by atoms with E-state index in [-0.39, 0.29) is 6.01 Å². The summed E-state index contributed by atoms with van der Waals surface area (Å²) in [5.74, 6) is -1.91. The molecule has 0 unspecified atom stereocenters. The maximum atomic E-state index is 13.9. The zero-order valence-corrected chi connectivity index (χ0v) is 11.7. The van der Waals surface area contributed by atoms with Gasteiger partial charge in [-0.1, -0.05) is 36.4 Å². The summed E-state index contributed by atoms with van der Waals surface area (Å²) in [5, 5.41) is 0. The maximum Gasteiger partial charge on any atom is 0.327 e. The Morgan fingerprint density at radius 2 is 1.70 bits per heavy atom. The van der Waals surface area contributed by atoms with Gasteiger partial charge in [-0.3, -0.25) is 0 Å². The second kappa shape index (κ2) is 5.88. The average Bonchev–Trinajstić information content (AvgIpc) is 3.01. The van der Waals surface area contributed by atoms with Crippen LogP contribution in [-0.2, 0) is 0 Å². The number of rotatable bonds is 3. The van der Waals surface area contributed by atoms with E-state index in [1.807, 2.05) is 6.07 Å². The van der Waals surface area contributed by atoms with Crippen LogP contribution in [0.15, 0.2) is 59.2 Å². The number of aromatic nitrogens is 1. The van der Waals surface area contributed by atoms with Crippen molar-refractivity contribution in [2.24, 2.45) is 5.73 Å². The lowest BCUT2D eigenvalue weighted by molar-refractivity contribution is 0.254. The van der Waals surface area contributed by atoms with Crippen molar-refractivity contribution in [1.82, 2.24) is 4.98 Å². The lowest BCUT2D eigenvalue weighted by atomic mass is 10.2. The number of nitrogens with zero attached hydrogens (tertiary/aromatic N) is 2. The molecule has 7 heteroatoms. The van der Waals surface area contributed by atoms with Gasteiger partial charge in [0.2, 0.25) is 0 Å². The second-order valence-electron chi connectivity index (χ2n) is 4.63. The van der Waals surface area contributed by atoms with Crippen LogP contribution in [0.3, 0.4) is 0 Å². The molecule has 0 saturated carbocycles. The Morgan fingerprint density at radius 3 is 2.30 bits per heavy atom. The first-order valence-corrected chi connectivity index (χ1v) is 6.62. The second-order valence-corrected chi connectivity index (χ2v) is 4.63. The van der Waals surface area contributed by atoms with Crippen LogP contribution in [0.2, 0.25) is 0 Å². The van der Waals surface area contributed by atoms with Crippen molar-refractivity contribution in [3.05, 3.63) is 66.4 Å². The van der Waals surface area contributed by atoms with Gasteiger partial charge in [0.05, 0.1) is 0 Å². The lowest BCUT2D eigenvalue weighted by Crippen LogP contribution is -2.33. The third-order valence-electron chi connectivity index (χ3n) is 3.13.